The summed E-state index contributed by atoms with van der Waals surface area (Å²) in [7, 11) is 0. The molecule has 0 aromatic heterocycles. The number of halogens is 4. The van der Waals surface area contributed by atoms with Gasteiger partial charge < -0.3 is 4.74 Å². The molecule has 2 rings (SSSR count). The fourth-order valence-electron chi connectivity index (χ4n) is 1.59. The first-order chi connectivity index (χ1) is 9.01. The Balaban J connectivity index is 2.41. The Bertz CT molecular complexity index is 593. The van der Waals surface area contributed by atoms with Crippen molar-refractivity contribution >= 4 is 27.5 Å². The van der Waals surface area contributed by atoms with Crippen LogP contribution in [0.25, 0.3) is 0 Å². The third-order valence-corrected chi connectivity index (χ3v) is 3.47. The average Bonchev–Trinajstić information content (AvgIpc) is 2.37. The zero-order valence-electron chi connectivity index (χ0n) is 10.0. The molecule has 19 heavy (non-hydrogen) atoms. The fourth-order valence-corrected chi connectivity index (χ4v) is 2.07. The van der Waals surface area contributed by atoms with Crippen molar-refractivity contribution in [1.82, 2.24) is 0 Å². The summed E-state index contributed by atoms with van der Waals surface area (Å²) in [4.78, 5) is 0. The van der Waals surface area contributed by atoms with Crippen LogP contribution in [0.4, 0.5) is 8.78 Å². The largest absolute Gasteiger partial charge is 0.450 e. The molecule has 0 aliphatic heterocycles. The molecule has 0 atom stereocenters. The van der Waals surface area contributed by atoms with E-state index in [1.54, 1.807) is 18.2 Å². The maximum Gasteiger partial charge on any atom is 0.198 e. The van der Waals surface area contributed by atoms with E-state index in [2.05, 4.69) is 15.9 Å². The number of hydrogen-bond acceptors (Lipinski definition) is 1. The minimum Gasteiger partial charge on any atom is -0.450 e. The number of aryl methyl sites for hydroxylation is 1. The van der Waals surface area contributed by atoms with Crippen molar-refractivity contribution in [2.75, 3.05) is 0 Å². The molecule has 0 radical (unpaired) electrons. The molecule has 100 valence electrons. The molecule has 1 nitrogen and oxygen atoms in total. The first-order valence-corrected chi connectivity index (χ1v) is 6.99. The maximum absolute atomic E-state index is 13.8. The van der Waals surface area contributed by atoms with E-state index in [4.69, 9.17) is 16.3 Å². The molecule has 0 fully saturated rings. The van der Waals surface area contributed by atoms with E-state index in [-0.39, 0.29) is 5.75 Å². The average molecular weight is 348 g/mol. The fraction of sp³-hybridized carbons (Fsp3) is 0.143. The van der Waals surface area contributed by atoms with Gasteiger partial charge in [-0.15, -0.1) is 0 Å². The molecule has 0 N–H and O–H groups in total. The van der Waals surface area contributed by atoms with E-state index >= 15 is 0 Å². The van der Waals surface area contributed by atoms with Crippen molar-refractivity contribution in [2.45, 2.75) is 12.3 Å². The van der Waals surface area contributed by atoms with Crippen LogP contribution in [0.5, 0.6) is 11.5 Å². The molecular formula is C14H10BrClF2O. The SMILES string of the molecule is Cc1ccc(Cl)c(Oc2c(F)cc(CBr)cc2F)c1. The van der Waals surface area contributed by atoms with Crippen LogP contribution >= 0.6 is 27.5 Å². The lowest BCUT2D eigenvalue weighted by molar-refractivity contribution is 0.407. The van der Waals surface area contributed by atoms with Crippen molar-refractivity contribution in [1.29, 1.82) is 0 Å². The Kier molecular flexibility index (Phi) is 4.42. The van der Waals surface area contributed by atoms with Crippen LogP contribution in [-0.4, -0.2) is 0 Å². The molecule has 5 heteroatoms. The van der Waals surface area contributed by atoms with Gasteiger partial charge in [-0.2, -0.15) is 0 Å². The summed E-state index contributed by atoms with van der Waals surface area (Å²) < 4.78 is 32.8. The molecule has 2 aromatic rings. The van der Waals surface area contributed by atoms with Gasteiger partial charge in [0.05, 0.1) is 5.02 Å². The Labute approximate surface area is 123 Å². The predicted molar refractivity (Wildman–Crippen MR) is 75.3 cm³/mol. The van der Waals surface area contributed by atoms with Gasteiger partial charge in [0.1, 0.15) is 5.75 Å². The summed E-state index contributed by atoms with van der Waals surface area (Å²) in [5.41, 5.74) is 1.38. The first-order valence-electron chi connectivity index (χ1n) is 5.49. The number of alkyl halides is 1. The van der Waals surface area contributed by atoms with Crippen LogP contribution in [0.2, 0.25) is 5.02 Å². The van der Waals surface area contributed by atoms with Gasteiger partial charge in [0, 0.05) is 5.33 Å². The highest BCUT2D eigenvalue weighted by molar-refractivity contribution is 9.08. The van der Waals surface area contributed by atoms with Gasteiger partial charge in [-0.3, -0.25) is 0 Å². The lowest BCUT2D eigenvalue weighted by atomic mass is 10.2. The summed E-state index contributed by atoms with van der Waals surface area (Å²) in [6.07, 6.45) is 0. The number of benzene rings is 2. The molecule has 2 aromatic carbocycles. The van der Waals surface area contributed by atoms with Gasteiger partial charge in [-0.05, 0) is 42.3 Å². The second kappa shape index (κ2) is 5.88. The summed E-state index contributed by atoms with van der Waals surface area (Å²) in [6, 6.07) is 7.47. The Morgan fingerprint density at radius 3 is 2.37 bits per heavy atom. The first kappa shape index (κ1) is 14.3. The van der Waals surface area contributed by atoms with Crippen molar-refractivity contribution in [3.05, 3.63) is 58.1 Å². The van der Waals surface area contributed by atoms with Crippen molar-refractivity contribution in [2.24, 2.45) is 0 Å². The summed E-state index contributed by atoms with van der Waals surface area (Å²) in [6.45, 7) is 1.84. The molecule has 0 aliphatic rings. The highest BCUT2D eigenvalue weighted by Gasteiger charge is 2.15. The van der Waals surface area contributed by atoms with Crippen LogP contribution in [0.15, 0.2) is 30.3 Å². The minimum atomic E-state index is -0.757. The maximum atomic E-state index is 13.8. The highest BCUT2D eigenvalue weighted by Crippen LogP contribution is 2.33. The molecule has 0 bridgehead atoms. The molecule has 0 saturated heterocycles. The van der Waals surface area contributed by atoms with Crippen LogP contribution < -0.4 is 4.74 Å². The topological polar surface area (TPSA) is 9.23 Å². The zero-order chi connectivity index (χ0) is 14.0. The number of rotatable bonds is 3. The van der Waals surface area contributed by atoms with Gasteiger partial charge in [0.25, 0.3) is 0 Å². The molecule has 0 unspecified atom stereocenters. The molecule has 0 aliphatic carbocycles. The highest BCUT2D eigenvalue weighted by atomic mass is 79.9. The van der Waals surface area contributed by atoms with Gasteiger partial charge in [-0.1, -0.05) is 33.6 Å². The molecule has 0 saturated carbocycles. The predicted octanol–water partition coefficient (Wildman–Crippen LogP) is 5.61. The lowest BCUT2D eigenvalue weighted by Gasteiger charge is -2.11. The van der Waals surface area contributed by atoms with Gasteiger partial charge in [0.2, 0.25) is 0 Å². The van der Waals surface area contributed by atoms with Gasteiger partial charge >= 0.3 is 0 Å². The van der Waals surface area contributed by atoms with E-state index in [1.165, 1.54) is 12.1 Å². The molecule has 0 amide bonds. The number of ether oxygens (including phenoxy) is 1. The van der Waals surface area contributed by atoms with E-state index in [9.17, 15) is 8.78 Å². The van der Waals surface area contributed by atoms with Crippen LogP contribution in [0.1, 0.15) is 11.1 Å². The van der Waals surface area contributed by atoms with Crippen molar-refractivity contribution in [3.8, 4) is 11.5 Å². The summed E-state index contributed by atoms with van der Waals surface area (Å²) in [5.74, 6) is -1.73. The Morgan fingerprint density at radius 2 is 1.79 bits per heavy atom. The smallest absolute Gasteiger partial charge is 0.198 e. The normalized spacial score (nSPS) is 10.6. The number of hydrogen-bond donors (Lipinski definition) is 0. The minimum absolute atomic E-state index is 0.228. The molecule has 0 heterocycles. The lowest BCUT2D eigenvalue weighted by Crippen LogP contribution is -1.95. The van der Waals surface area contributed by atoms with E-state index < -0.39 is 17.4 Å². The molecular weight excluding hydrogens is 338 g/mol. The Hall–Kier alpha value is -1.13. The van der Waals surface area contributed by atoms with E-state index in [0.717, 1.165) is 5.56 Å². The third-order valence-electron chi connectivity index (χ3n) is 2.51. The van der Waals surface area contributed by atoms with Gasteiger partial charge in [0.15, 0.2) is 17.4 Å². The quantitative estimate of drug-likeness (QED) is 0.655. The van der Waals surface area contributed by atoms with Crippen molar-refractivity contribution in [3.63, 3.8) is 0 Å². The summed E-state index contributed by atoms with van der Waals surface area (Å²) in [5, 5.41) is 0.667. The third kappa shape index (κ3) is 3.25. The Morgan fingerprint density at radius 1 is 1.16 bits per heavy atom. The van der Waals surface area contributed by atoms with E-state index in [1.807, 2.05) is 6.92 Å². The van der Waals surface area contributed by atoms with Crippen molar-refractivity contribution < 1.29 is 13.5 Å². The van der Waals surface area contributed by atoms with Crippen LogP contribution in [-0.2, 0) is 5.33 Å². The van der Waals surface area contributed by atoms with Gasteiger partial charge in [-0.25, -0.2) is 8.78 Å². The monoisotopic (exact) mass is 346 g/mol. The van der Waals surface area contributed by atoms with E-state index in [0.29, 0.717) is 15.9 Å². The second-order valence-electron chi connectivity index (χ2n) is 4.06. The van der Waals surface area contributed by atoms with Crippen LogP contribution in [0, 0.1) is 18.6 Å². The molecule has 0 spiro atoms. The van der Waals surface area contributed by atoms with Crippen LogP contribution in [0.3, 0.4) is 0 Å². The standard InChI is InChI=1S/C14H10BrClF2O/c1-8-2-3-10(16)13(4-8)19-14-11(17)5-9(7-15)6-12(14)18/h2-6H,7H2,1H3. The second-order valence-corrected chi connectivity index (χ2v) is 5.03. The summed E-state index contributed by atoms with van der Waals surface area (Å²) >= 11 is 9.08. The zero-order valence-corrected chi connectivity index (χ0v) is 12.4.